The smallest absolute Gasteiger partial charge is 0.308 e. The normalized spacial score (nSPS) is 20.2. The third-order valence-electron chi connectivity index (χ3n) is 6.30. The van der Waals surface area contributed by atoms with Crippen LogP contribution in [0.25, 0.3) is 0 Å². The highest BCUT2D eigenvalue weighted by molar-refractivity contribution is 8.00. The van der Waals surface area contributed by atoms with Gasteiger partial charge in [0.05, 0.1) is 22.4 Å². The molecule has 2 aliphatic heterocycles. The highest BCUT2D eigenvalue weighted by Gasteiger charge is 2.53. The SMILES string of the molecule is CCOc1cc(C2c3sc(=O)n(CC(=O)Nc4ccc(S(N)(=O)=O)cc4)c3SC3C(=O)NC(=O)C32)ccc1O. The molecule has 0 bridgehead atoms. The lowest BCUT2D eigenvalue weighted by atomic mass is 9.83. The maximum Gasteiger partial charge on any atom is 0.308 e. The summed E-state index contributed by atoms with van der Waals surface area (Å²) in [6.07, 6.45) is 0. The largest absolute Gasteiger partial charge is 0.504 e. The van der Waals surface area contributed by atoms with Gasteiger partial charge in [-0.05, 0) is 48.9 Å². The molecule has 3 atom stereocenters. The molecule has 2 aliphatic rings. The van der Waals surface area contributed by atoms with Crippen LogP contribution in [0.4, 0.5) is 5.69 Å². The first-order valence-corrected chi connectivity index (χ1v) is 14.9. The van der Waals surface area contributed by atoms with Crippen molar-refractivity contribution in [1.29, 1.82) is 0 Å². The van der Waals surface area contributed by atoms with Gasteiger partial charge in [-0.2, -0.15) is 0 Å². The number of carbonyl (C=O) groups is 3. The van der Waals surface area contributed by atoms with Crippen LogP contribution in [-0.4, -0.2) is 47.7 Å². The summed E-state index contributed by atoms with van der Waals surface area (Å²) in [6.45, 7) is 1.66. The maximum absolute atomic E-state index is 13.1. The van der Waals surface area contributed by atoms with Gasteiger partial charge < -0.3 is 15.2 Å². The lowest BCUT2D eigenvalue weighted by molar-refractivity contribution is -0.126. The Bertz CT molecular complexity index is 1660. The summed E-state index contributed by atoms with van der Waals surface area (Å²) >= 11 is 1.93. The number of nitrogens with zero attached hydrogens (tertiary/aromatic N) is 1. The fourth-order valence-corrected chi connectivity index (χ4v) is 7.86. The van der Waals surface area contributed by atoms with Gasteiger partial charge in [0.1, 0.15) is 11.8 Å². The first-order valence-electron chi connectivity index (χ1n) is 11.6. The molecule has 1 aromatic heterocycles. The minimum absolute atomic E-state index is 0.0889. The van der Waals surface area contributed by atoms with Gasteiger partial charge in [-0.25, -0.2) is 13.6 Å². The van der Waals surface area contributed by atoms with Crippen LogP contribution >= 0.6 is 23.1 Å². The molecule has 5 N–H and O–H groups in total. The fraction of sp³-hybridized carbons (Fsp3) is 0.250. The van der Waals surface area contributed by atoms with Gasteiger partial charge in [0.2, 0.25) is 27.7 Å². The molecule has 2 aromatic carbocycles. The number of aromatic nitrogens is 1. The molecule has 1 saturated heterocycles. The summed E-state index contributed by atoms with van der Waals surface area (Å²) in [5, 5.41) is 19.8. The van der Waals surface area contributed by atoms with Crippen LogP contribution < -0.4 is 25.4 Å². The Morgan fingerprint density at radius 1 is 1.15 bits per heavy atom. The van der Waals surface area contributed by atoms with Crippen molar-refractivity contribution >= 4 is 56.5 Å². The molecule has 39 heavy (non-hydrogen) atoms. The van der Waals surface area contributed by atoms with Crippen molar-refractivity contribution in [3.63, 3.8) is 0 Å². The number of benzene rings is 2. The highest BCUT2D eigenvalue weighted by Crippen LogP contribution is 2.52. The van der Waals surface area contributed by atoms with Gasteiger partial charge in [0, 0.05) is 16.5 Å². The van der Waals surface area contributed by atoms with E-state index in [1.165, 1.54) is 34.9 Å². The number of hydrogen-bond donors (Lipinski definition) is 4. The standard InChI is InChI=1S/C24H22N4O8S3/c1-2-36-15-9-11(3-8-14(15)29)17-18-19(22(32)27-21(18)31)37-23-20(17)38-24(33)28(23)10-16(30)26-12-4-6-13(7-5-12)39(25,34)35/h3-9,17-19,29H,2,10H2,1H3,(H,26,30)(H2,25,34,35)(H,27,31,32). The lowest BCUT2D eigenvalue weighted by Gasteiger charge is -2.31. The summed E-state index contributed by atoms with van der Waals surface area (Å²) in [5.74, 6) is -2.89. The van der Waals surface area contributed by atoms with Gasteiger partial charge in [-0.15, -0.1) is 0 Å². The molecular formula is C24H22N4O8S3. The van der Waals surface area contributed by atoms with Crippen molar-refractivity contribution in [1.82, 2.24) is 9.88 Å². The number of anilines is 1. The molecule has 3 amide bonds. The van der Waals surface area contributed by atoms with Gasteiger partial charge >= 0.3 is 4.87 Å². The third kappa shape index (κ3) is 5.05. The second-order valence-corrected chi connectivity index (χ2v) is 12.5. The van der Waals surface area contributed by atoms with Gasteiger partial charge in [-0.1, -0.05) is 29.2 Å². The van der Waals surface area contributed by atoms with E-state index in [4.69, 9.17) is 9.88 Å². The third-order valence-corrected chi connectivity index (χ3v) is 9.84. The zero-order chi connectivity index (χ0) is 28.1. The number of rotatable bonds is 7. The number of nitrogens with two attached hydrogens (primary N) is 1. The molecule has 3 aromatic rings. The number of hydrogen-bond acceptors (Lipinski definition) is 10. The van der Waals surface area contributed by atoms with Crippen molar-refractivity contribution in [3.8, 4) is 11.5 Å². The van der Waals surface area contributed by atoms with E-state index in [0.717, 1.165) is 23.1 Å². The maximum atomic E-state index is 13.1. The van der Waals surface area contributed by atoms with E-state index >= 15 is 0 Å². The molecule has 0 aliphatic carbocycles. The predicted molar refractivity (Wildman–Crippen MR) is 142 cm³/mol. The van der Waals surface area contributed by atoms with Gasteiger partial charge in [-0.3, -0.25) is 29.1 Å². The molecule has 0 spiro atoms. The van der Waals surface area contributed by atoms with Crippen molar-refractivity contribution in [2.45, 2.75) is 34.6 Å². The van der Waals surface area contributed by atoms with Crippen LogP contribution in [0.5, 0.6) is 11.5 Å². The van der Waals surface area contributed by atoms with Crippen LogP contribution in [-0.2, 0) is 31.0 Å². The number of ether oxygens (including phenoxy) is 1. The first kappa shape index (κ1) is 26.9. The quantitative estimate of drug-likeness (QED) is 0.293. The number of thioether (sulfide) groups is 1. The number of aromatic hydroxyl groups is 1. The number of phenolic OH excluding ortho intramolecular Hbond substituents is 1. The van der Waals surface area contributed by atoms with E-state index in [9.17, 15) is 32.7 Å². The second kappa shape index (κ2) is 10.1. The summed E-state index contributed by atoms with van der Waals surface area (Å²) < 4.78 is 29.7. The van der Waals surface area contributed by atoms with Crippen LogP contribution in [0.15, 0.2) is 57.2 Å². The lowest BCUT2D eigenvalue weighted by Crippen LogP contribution is -2.32. The van der Waals surface area contributed by atoms with E-state index < -0.39 is 49.7 Å². The average Bonchev–Trinajstić information content (AvgIpc) is 3.33. The molecular weight excluding hydrogens is 568 g/mol. The topological polar surface area (TPSA) is 187 Å². The monoisotopic (exact) mass is 590 g/mol. The summed E-state index contributed by atoms with van der Waals surface area (Å²) in [4.78, 5) is 51.4. The number of fused-ring (bicyclic) bond motifs is 2. The zero-order valence-corrected chi connectivity index (χ0v) is 22.7. The minimum atomic E-state index is -3.90. The Morgan fingerprint density at radius 2 is 1.87 bits per heavy atom. The fourth-order valence-electron chi connectivity index (χ4n) is 4.60. The molecule has 15 heteroatoms. The van der Waals surface area contributed by atoms with Crippen LogP contribution in [0.2, 0.25) is 0 Å². The van der Waals surface area contributed by atoms with Crippen LogP contribution in [0.1, 0.15) is 23.3 Å². The van der Waals surface area contributed by atoms with E-state index in [2.05, 4.69) is 10.6 Å². The Morgan fingerprint density at radius 3 is 2.54 bits per heavy atom. The number of carbonyl (C=O) groups excluding carboxylic acids is 3. The number of sulfonamides is 1. The first-order chi connectivity index (χ1) is 18.5. The minimum Gasteiger partial charge on any atom is -0.504 e. The van der Waals surface area contributed by atoms with Crippen molar-refractivity contribution in [2.75, 3.05) is 11.9 Å². The number of nitrogens with one attached hydrogen (secondary N) is 2. The number of thiazole rings is 1. The van der Waals surface area contributed by atoms with Crippen molar-refractivity contribution in [2.24, 2.45) is 11.1 Å². The molecule has 3 unspecified atom stereocenters. The van der Waals surface area contributed by atoms with E-state index in [-0.39, 0.29) is 29.5 Å². The number of amides is 3. The Balaban J connectivity index is 1.50. The summed E-state index contributed by atoms with van der Waals surface area (Å²) in [6, 6.07) is 9.86. The molecule has 0 radical (unpaired) electrons. The number of primary sulfonamides is 1. The van der Waals surface area contributed by atoms with E-state index in [1.54, 1.807) is 19.1 Å². The Hall–Kier alpha value is -3.66. The molecule has 204 valence electrons. The van der Waals surface area contributed by atoms with Gasteiger partial charge in [0.15, 0.2) is 11.5 Å². The van der Waals surface area contributed by atoms with Crippen molar-refractivity contribution in [3.05, 3.63) is 62.6 Å². The van der Waals surface area contributed by atoms with E-state index in [0.29, 0.717) is 21.2 Å². The second-order valence-electron chi connectivity index (χ2n) is 8.80. The Kier molecular flexibility index (Phi) is 7.00. The number of imide groups is 1. The molecule has 12 nitrogen and oxygen atoms in total. The van der Waals surface area contributed by atoms with Gasteiger partial charge in [0.25, 0.3) is 0 Å². The molecule has 1 fully saturated rings. The predicted octanol–water partition coefficient (Wildman–Crippen LogP) is 1.18. The zero-order valence-electron chi connectivity index (χ0n) is 20.2. The molecule has 0 saturated carbocycles. The molecule has 3 heterocycles. The van der Waals surface area contributed by atoms with Crippen molar-refractivity contribution < 1.29 is 32.6 Å². The summed E-state index contributed by atoms with van der Waals surface area (Å²) in [7, 11) is -3.90. The van der Waals surface area contributed by atoms with Crippen LogP contribution in [0, 0.1) is 5.92 Å². The summed E-state index contributed by atoms with van der Waals surface area (Å²) in [5.41, 5.74) is 0.869. The van der Waals surface area contributed by atoms with E-state index in [1.807, 2.05) is 0 Å². The Labute approximate surface area is 230 Å². The molecule has 5 rings (SSSR count). The average molecular weight is 591 g/mol. The number of phenols is 1. The van der Waals surface area contributed by atoms with Crippen LogP contribution in [0.3, 0.4) is 0 Å². The highest BCUT2D eigenvalue weighted by atomic mass is 32.2.